The molecule has 176 valence electrons. The number of hydrogen-bond acceptors (Lipinski definition) is 3. The highest BCUT2D eigenvalue weighted by Crippen LogP contribution is 2.33. The molecule has 0 aliphatic carbocycles. The minimum atomic E-state index is -0.908. The van der Waals surface area contributed by atoms with Gasteiger partial charge in [0.2, 0.25) is 0 Å². The predicted molar refractivity (Wildman–Crippen MR) is 127 cm³/mol. The Kier molecular flexibility index (Phi) is 6.77. The molecule has 34 heavy (non-hydrogen) atoms. The van der Waals surface area contributed by atoms with Crippen LogP contribution in [0.1, 0.15) is 52.9 Å². The maximum absolute atomic E-state index is 13.6. The Balaban J connectivity index is 1.58. The Hall–Kier alpha value is -3.94. The SMILES string of the molecule is C[C@@H](NC(=O)c1cnn(C)c1)c1ccc(C(=C2CCN(C(=O)O)CC2)c2ccc(F)cc2)cc1. The van der Waals surface area contributed by atoms with Crippen molar-refractivity contribution in [1.29, 1.82) is 0 Å². The summed E-state index contributed by atoms with van der Waals surface area (Å²) in [6.07, 6.45) is 3.54. The van der Waals surface area contributed by atoms with Crippen molar-refractivity contribution < 1.29 is 19.1 Å². The van der Waals surface area contributed by atoms with Crippen LogP contribution in [0.4, 0.5) is 9.18 Å². The topological polar surface area (TPSA) is 87.5 Å². The second kappa shape index (κ2) is 9.91. The van der Waals surface area contributed by atoms with Gasteiger partial charge in [-0.1, -0.05) is 42.0 Å². The first kappa shape index (κ1) is 23.2. The predicted octanol–water partition coefficient (Wildman–Crippen LogP) is 4.63. The lowest BCUT2D eigenvalue weighted by molar-refractivity contribution is 0.0939. The van der Waals surface area contributed by atoms with Crippen LogP contribution in [0.15, 0.2) is 66.5 Å². The van der Waals surface area contributed by atoms with Crippen LogP contribution in [0.3, 0.4) is 0 Å². The normalized spacial score (nSPS) is 14.6. The molecule has 0 radical (unpaired) electrons. The van der Waals surface area contributed by atoms with E-state index in [1.807, 2.05) is 31.2 Å². The Morgan fingerprint density at radius 2 is 1.59 bits per heavy atom. The van der Waals surface area contributed by atoms with Crippen molar-refractivity contribution in [2.24, 2.45) is 7.05 Å². The molecule has 4 rings (SSSR count). The number of aromatic nitrogens is 2. The van der Waals surface area contributed by atoms with Gasteiger partial charge in [0.05, 0.1) is 17.8 Å². The van der Waals surface area contributed by atoms with Gasteiger partial charge in [0, 0.05) is 26.3 Å². The number of likely N-dealkylation sites (tertiary alicyclic amines) is 1. The summed E-state index contributed by atoms with van der Waals surface area (Å²) >= 11 is 0. The van der Waals surface area contributed by atoms with Crippen LogP contribution in [-0.4, -0.2) is 44.9 Å². The molecule has 1 saturated heterocycles. The summed E-state index contributed by atoms with van der Waals surface area (Å²) < 4.78 is 15.2. The Labute approximate surface area is 197 Å². The fourth-order valence-electron chi connectivity index (χ4n) is 4.25. The van der Waals surface area contributed by atoms with Crippen LogP contribution in [0.25, 0.3) is 5.57 Å². The molecule has 0 saturated carbocycles. The summed E-state index contributed by atoms with van der Waals surface area (Å²) in [6, 6.07) is 14.1. The van der Waals surface area contributed by atoms with E-state index in [0.717, 1.165) is 27.8 Å². The van der Waals surface area contributed by atoms with Crippen molar-refractivity contribution in [3.05, 3.63) is 94.6 Å². The number of carbonyl (C=O) groups is 2. The molecule has 1 atom stereocenters. The van der Waals surface area contributed by atoms with Crippen LogP contribution in [0.5, 0.6) is 0 Å². The third-order valence-electron chi connectivity index (χ3n) is 6.14. The minimum Gasteiger partial charge on any atom is -0.465 e. The molecule has 2 heterocycles. The highest BCUT2D eigenvalue weighted by atomic mass is 19.1. The van der Waals surface area contributed by atoms with Gasteiger partial charge in [-0.05, 0) is 54.2 Å². The van der Waals surface area contributed by atoms with Crippen molar-refractivity contribution in [3.63, 3.8) is 0 Å². The molecular weight excluding hydrogens is 435 g/mol. The van der Waals surface area contributed by atoms with Crippen molar-refractivity contribution in [2.75, 3.05) is 13.1 Å². The fourth-order valence-corrected chi connectivity index (χ4v) is 4.25. The van der Waals surface area contributed by atoms with Gasteiger partial charge >= 0.3 is 6.09 Å². The van der Waals surface area contributed by atoms with Crippen LogP contribution in [-0.2, 0) is 7.05 Å². The minimum absolute atomic E-state index is 0.191. The molecular formula is C26H27FN4O3. The summed E-state index contributed by atoms with van der Waals surface area (Å²) in [6.45, 7) is 2.79. The quantitative estimate of drug-likeness (QED) is 0.579. The van der Waals surface area contributed by atoms with E-state index in [1.165, 1.54) is 23.2 Å². The molecule has 1 aromatic heterocycles. The number of carbonyl (C=O) groups excluding carboxylic acids is 1. The maximum Gasteiger partial charge on any atom is 0.407 e. The number of aryl methyl sites for hydroxylation is 1. The molecule has 1 aliphatic heterocycles. The van der Waals surface area contributed by atoms with Crippen molar-refractivity contribution in [1.82, 2.24) is 20.0 Å². The molecule has 0 spiro atoms. The Morgan fingerprint density at radius 3 is 2.12 bits per heavy atom. The van der Waals surface area contributed by atoms with Gasteiger partial charge in [0.25, 0.3) is 5.91 Å². The van der Waals surface area contributed by atoms with E-state index in [4.69, 9.17) is 0 Å². The van der Waals surface area contributed by atoms with E-state index >= 15 is 0 Å². The van der Waals surface area contributed by atoms with E-state index in [2.05, 4.69) is 10.4 Å². The van der Waals surface area contributed by atoms with E-state index < -0.39 is 6.09 Å². The van der Waals surface area contributed by atoms with Crippen molar-refractivity contribution in [3.8, 4) is 0 Å². The molecule has 2 aromatic carbocycles. The second-order valence-corrected chi connectivity index (χ2v) is 8.47. The Morgan fingerprint density at radius 1 is 1.00 bits per heavy atom. The van der Waals surface area contributed by atoms with Gasteiger partial charge < -0.3 is 15.3 Å². The number of rotatable bonds is 5. The summed E-state index contributed by atoms with van der Waals surface area (Å²) in [4.78, 5) is 25.2. The third-order valence-corrected chi connectivity index (χ3v) is 6.14. The molecule has 2 N–H and O–H groups in total. The molecule has 7 nitrogen and oxygen atoms in total. The smallest absolute Gasteiger partial charge is 0.407 e. The number of nitrogens with one attached hydrogen (secondary N) is 1. The number of nitrogens with zero attached hydrogens (tertiary/aromatic N) is 3. The lowest BCUT2D eigenvalue weighted by atomic mass is 9.88. The van der Waals surface area contributed by atoms with Crippen molar-refractivity contribution in [2.45, 2.75) is 25.8 Å². The van der Waals surface area contributed by atoms with Gasteiger partial charge in [-0.2, -0.15) is 5.10 Å². The van der Waals surface area contributed by atoms with E-state index in [1.54, 1.807) is 30.1 Å². The van der Waals surface area contributed by atoms with E-state index in [9.17, 15) is 19.1 Å². The zero-order chi connectivity index (χ0) is 24.2. The first-order valence-corrected chi connectivity index (χ1v) is 11.2. The first-order chi connectivity index (χ1) is 16.3. The average molecular weight is 463 g/mol. The number of benzene rings is 2. The van der Waals surface area contributed by atoms with Gasteiger partial charge in [0.1, 0.15) is 5.82 Å². The highest BCUT2D eigenvalue weighted by molar-refractivity contribution is 5.94. The molecule has 2 amide bonds. The maximum atomic E-state index is 13.6. The highest BCUT2D eigenvalue weighted by Gasteiger charge is 2.22. The second-order valence-electron chi connectivity index (χ2n) is 8.47. The molecule has 8 heteroatoms. The van der Waals surface area contributed by atoms with Gasteiger partial charge in [-0.15, -0.1) is 0 Å². The molecule has 1 aliphatic rings. The monoisotopic (exact) mass is 462 g/mol. The van der Waals surface area contributed by atoms with E-state index in [-0.39, 0.29) is 17.8 Å². The molecule has 3 aromatic rings. The molecule has 0 bridgehead atoms. The van der Waals surface area contributed by atoms with Crippen LogP contribution in [0.2, 0.25) is 0 Å². The zero-order valence-electron chi connectivity index (χ0n) is 19.2. The van der Waals surface area contributed by atoms with Crippen LogP contribution < -0.4 is 5.32 Å². The lowest BCUT2D eigenvalue weighted by Gasteiger charge is -2.28. The van der Waals surface area contributed by atoms with Gasteiger partial charge in [0.15, 0.2) is 0 Å². The summed E-state index contributed by atoms with van der Waals surface area (Å²) in [5.74, 6) is -0.494. The van der Waals surface area contributed by atoms with Crippen molar-refractivity contribution >= 4 is 17.6 Å². The summed E-state index contributed by atoms with van der Waals surface area (Å²) in [7, 11) is 1.76. The first-order valence-electron chi connectivity index (χ1n) is 11.2. The largest absolute Gasteiger partial charge is 0.465 e. The standard InChI is InChI=1S/C26H27FN4O3/c1-17(29-25(32)22-15-28-30(2)16-22)18-3-5-19(6-4-18)24(20-7-9-23(27)10-8-20)21-11-13-31(14-12-21)26(33)34/h3-10,15-17H,11-14H2,1-2H3,(H,29,32)(H,33,34)/t17-/m1/s1. The Bertz CT molecular complexity index is 1210. The fraction of sp³-hybridized carbons (Fsp3) is 0.269. The van der Waals surface area contributed by atoms with Crippen LogP contribution >= 0.6 is 0 Å². The lowest BCUT2D eigenvalue weighted by Crippen LogP contribution is -2.35. The summed E-state index contributed by atoms with van der Waals surface area (Å²) in [5, 5.41) is 16.3. The third kappa shape index (κ3) is 5.17. The van der Waals surface area contributed by atoms with Crippen LogP contribution in [0, 0.1) is 5.82 Å². The number of carboxylic acid groups (broad SMARTS) is 1. The number of hydrogen-bond donors (Lipinski definition) is 2. The average Bonchev–Trinajstić information content (AvgIpc) is 3.28. The number of amides is 2. The number of halogens is 1. The summed E-state index contributed by atoms with van der Waals surface area (Å²) in [5.41, 5.74) is 5.47. The number of piperidine rings is 1. The van der Waals surface area contributed by atoms with E-state index in [0.29, 0.717) is 31.5 Å². The van der Waals surface area contributed by atoms with Gasteiger partial charge in [-0.25, -0.2) is 9.18 Å². The van der Waals surface area contributed by atoms with Gasteiger partial charge in [-0.3, -0.25) is 9.48 Å². The molecule has 0 unspecified atom stereocenters. The zero-order valence-corrected chi connectivity index (χ0v) is 19.2. The molecule has 1 fully saturated rings.